The highest BCUT2D eigenvalue weighted by Crippen LogP contribution is 2.73. The Morgan fingerprint density at radius 2 is 1.60 bits per heavy atom. The van der Waals surface area contributed by atoms with Crippen LogP contribution in [0.5, 0.6) is 0 Å². The number of ether oxygens (including phenoxy) is 4. The van der Waals surface area contributed by atoms with Crippen molar-refractivity contribution in [2.45, 2.75) is 110 Å². The third-order valence-electron chi connectivity index (χ3n) is 11.8. The van der Waals surface area contributed by atoms with Crippen molar-refractivity contribution in [1.29, 1.82) is 0 Å². The van der Waals surface area contributed by atoms with Crippen LogP contribution >= 0.6 is 0 Å². The van der Waals surface area contributed by atoms with Crippen molar-refractivity contribution < 1.29 is 53.8 Å². The Morgan fingerprint density at radius 1 is 0.929 bits per heavy atom. The van der Waals surface area contributed by atoms with Gasteiger partial charge in [0, 0.05) is 57.3 Å². The summed E-state index contributed by atoms with van der Waals surface area (Å²) in [5, 5.41) is 45.4. The van der Waals surface area contributed by atoms with Gasteiger partial charge in [0.05, 0.1) is 20.3 Å². The van der Waals surface area contributed by atoms with Gasteiger partial charge in [-0.2, -0.15) is 0 Å². The van der Waals surface area contributed by atoms with E-state index < -0.39 is 52.0 Å². The third kappa shape index (κ3) is 5.49. The van der Waals surface area contributed by atoms with Gasteiger partial charge in [-0.25, -0.2) is 0 Å². The number of aliphatic hydroxyl groups excluding tert-OH is 1. The van der Waals surface area contributed by atoms with Gasteiger partial charge in [0.15, 0.2) is 5.79 Å². The molecule has 4 saturated carbocycles. The average Bonchev–Trinajstić information content (AvgIpc) is 3.25. The molecule has 4 fully saturated rings. The van der Waals surface area contributed by atoms with Crippen LogP contribution in [-0.2, 0) is 33.3 Å². The van der Waals surface area contributed by atoms with Crippen LogP contribution in [0.1, 0.15) is 92.4 Å². The fourth-order valence-corrected chi connectivity index (χ4v) is 9.87. The quantitative estimate of drug-likeness (QED) is 0.175. The van der Waals surface area contributed by atoms with Crippen molar-refractivity contribution in [1.82, 2.24) is 0 Å². The van der Waals surface area contributed by atoms with Crippen LogP contribution in [0.4, 0.5) is 0 Å². The second-order valence-corrected chi connectivity index (χ2v) is 13.9. The first-order chi connectivity index (χ1) is 19.5. The van der Waals surface area contributed by atoms with Gasteiger partial charge < -0.3 is 39.4 Å². The highest BCUT2D eigenvalue weighted by atomic mass is 16.7. The third-order valence-corrected chi connectivity index (χ3v) is 11.8. The molecule has 0 aromatic rings. The van der Waals surface area contributed by atoms with Crippen LogP contribution in [0.2, 0.25) is 0 Å². The molecule has 11 heteroatoms. The van der Waals surface area contributed by atoms with Crippen LogP contribution in [0, 0.1) is 46.3 Å². The van der Waals surface area contributed by atoms with Crippen LogP contribution in [-0.4, -0.2) is 76.0 Å². The van der Waals surface area contributed by atoms with Gasteiger partial charge in [0.25, 0.3) is 0 Å². The van der Waals surface area contributed by atoms with Gasteiger partial charge in [-0.3, -0.25) is 14.4 Å². The Hall–Kier alpha value is -1.79. The molecule has 0 bridgehead atoms. The van der Waals surface area contributed by atoms with Crippen molar-refractivity contribution in [3.05, 3.63) is 0 Å². The number of fused-ring (bicyclic) bond motifs is 5. The molecule has 0 spiro atoms. The molecule has 11 atom stereocenters. The first kappa shape index (κ1) is 33.1. The van der Waals surface area contributed by atoms with E-state index in [2.05, 4.69) is 6.92 Å². The zero-order valence-corrected chi connectivity index (χ0v) is 25.9. The summed E-state index contributed by atoms with van der Waals surface area (Å²) in [4.78, 5) is 36.9. The summed E-state index contributed by atoms with van der Waals surface area (Å²) < 4.78 is 22.1. The second kappa shape index (κ2) is 11.6. The molecule has 4 aliphatic carbocycles. The predicted octanol–water partition coefficient (Wildman–Crippen LogP) is 2.66. The largest absolute Gasteiger partial charge is 0.469 e. The molecule has 42 heavy (non-hydrogen) atoms. The Labute approximate surface area is 248 Å². The minimum atomic E-state index is -1.89. The summed E-state index contributed by atoms with van der Waals surface area (Å²) in [6.45, 7) is 8.25. The van der Waals surface area contributed by atoms with E-state index in [1.165, 1.54) is 21.0 Å². The van der Waals surface area contributed by atoms with E-state index in [1.54, 1.807) is 0 Å². The Bertz CT molecular complexity index is 1050. The zero-order valence-electron chi connectivity index (χ0n) is 25.9. The normalized spacial score (nSPS) is 45.1. The Balaban J connectivity index is 1.79. The molecule has 4 rings (SSSR count). The van der Waals surface area contributed by atoms with E-state index in [-0.39, 0.29) is 75.0 Å². The highest BCUT2D eigenvalue weighted by Gasteiger charge is 2.75. The van der Waals surface area contributed by atoms with Crippen LogP contribution < -0.4 is 0 Å². The van der Waals surface area contributed by atoms with E-state index in [0.29, 0.717) is 25.7 Å². The molecular formula is C31H50O11. The fourth-order valence-electron chi connectivity index (χ4n) is 9.87. The molecule has 0 radical (unpaired) electrons. The maximum Gasteiger partial charge on any atom is 0.305 e. The number of aliphatic hydroxyl groups is 4. The van der Waals surface area contributed by atoms with Crippen molar-refractivity contribution in [3.63, 3.8) is 0 Å². The standard InChI is InChI=1S/C31H50O11/c1-18(7-10-25(35)39-6)22-8-9-23-26-24(17-31(38,28(22,23)5)42-20(3)34)27(4)11-12-29(36,40-14-13-32)15-21(27)16-30(26,37)41-19(2)33/h18,21-24,26,32,36-38H,7-17H2,1-6H3/t18-,21+,22-,23+,24+,26+,27+,28-,29+,30+,31-/m1/s1. The molecule has 0 saturated heterocycles. The number of rotatable bonds is 9. The molecule has 0 heterocycles. The lowest BCUT2D eigenvalue weighted by atomic mass is 9.41. The molecule has 240 valence electrons. The maximum absolute atomic E-state index is 12.5. The number of esters is 3. The van der Waals surface area contributed by atoms with Gasteiger partial charge in [0.2, 0.25) is 11.6 Å². The fraction of sp³-hybridized carbons (Fsp3) is 0.903. The molecule has 11 nitrogen and oxygen atoms in total. The molecule has 4 N–H and O–H groups in total. The highest BCUT2D eigenvalue weighted by molar-refractivity contribution is 5.69. The SMILES string of the molecule is COC(=O)CC[C@@H](C)[C@H]1CC[C@H]2[C@H]3[C@H](C[C@@](O)(OC(C)=O)[C@]12C)[C@@]1(C)CC[C@](O)(OCCO)C[C@H]1C[C@]3(O)OC(C)=O. The lowest BCUT2D eigenvalue weighted by molar-refractivity contribution is -0.375. The van der Waals surface area contributed by atoms with E-state index in [0.717, 1.165) is 0 Å². The van der Waals surface area contributed by atoms with Crippen LogP contribution in [0.3, 0.4) is 0 Å². The average molecular weight is 599 g/mol. The van der Waals surface area contributed by atoms with Gasteiger partial charge in [-0.05, 0) is 60.7 Å². The summed E-state index contributed by atoms with van der Waals surface area (Å²) in [7, 11) is 1.35. The predicted molar refractivity (Wildman–Crippen MR) is 148 cm³/mol. The molecular weight excluding hydrogens is 548 g/mol. The molecule has 4 aliphatic rings. The summed E-state index contributed by atoms with van der Waals surface area (Å²) in [5.41, 5.74) is -1.53. The Kier molecular flexibility index (Phi) is 9.16. The molecule has 0 aliphatic heterocycles. The maximum atomic E-state index is 12.5. The number of hydrogen-bond donors (Lipinski definition) is 4. The topological polar surface area (TPSA) is 169 Å². The van der Waals surface area contributed by atoms with E-state index >= 15 is 0 Å². The molecule has 0 unspecified atom stereocenters. The van der Waals surface area contributed by atoms with E-state index in [1.807, 2.05) is 13.8 Å². The molecule has 0 aromatic carbocycles. The van der Waals surface area contributed by atoms with Crippen molar-refractivity contribution in [3.8, 4) is 0 Å². The van der Waals surface area contributed by atoms with Crippen molar-refractivity contribution in [2.75, 3.05) is 20.3 Å². The zero-order chi connectivity index (χ0) is 31.3. The number of carbonyl (C=O) groups excluding carboxylic acids is 3. The monoisotopic (exact) mass is 598 g/mol. The van der Waals surface area contributed by atoms with E-state index in [9.17, 15) is 34.8 Å². The van der Waals surface area contributed by atoms with Gasteiger partial charge in [0.1, 0.15) is 0 Å². The minimum absolute atomic E-state index is 0.0248. The number of methoxy groups -OCH3 is 1. The smallest absolute Gasteiger partial charge is 0.305 e. The van der Waals surface area contributed by atoms with Crippen molar-refractivity contribution >= 4 is 17.9 Å². The first-order valence-corrected chi connectivity index (χ1v) is 15.4. The lowest BCUT2D eigenvalue weighted by Gasteiger charge is -2.67. The first-order valence-electron chi connectivity index (χ1n) is 15.4. The lowest BCUT2D eigenvalue weighted by Crippen LogP contribution is -2.71. The summed E-state index contributed by atoms with van der Waals surface area (Å²) in [6, 6.07) is 0. The Morgan fingerprint density at radius 3 is 2.19 bits per heavy atom. The minimum Gasteiger partial charge on any atom is -0.469 e. The molecule has 0 amide bonds. The van der Waals surface area contributed by atoms with Gasteiger partial charge in [-0.1, -0.05) is 20.8 Å². The van der Waals surface area contributed by atoms with Crippen molar-refractivity contribution in [2.24, 2.45) is 46.3 Å². The summed E-state index contributed by atoms with van der Waals surface area (Å²) in [5.74, 6) is -8.78. The second-order valence-electron chi connectivity index (χ2n) is 13.9. The summed E-state index contributed by atoms with van der Waals surface area (Å²) >= 11 is 0. The van der Waals surface area contributed by atoms with Crippen LogP contribution in [0.15, 0.2) is 0 Å². The summed E-state index contributed by atoms with van der Waals surface area (Å²) in [6.07, 6.45) is 3.04. The molecule has 0 aromatic heterocycles. The van der Waals surface area contributed by atoms with Gasteiger partial charge in [-0.15, -0.1) is 0 Å². The number of hydrogen-bond acceptors (Lipinski definition) is 11. The van der Waals surface area contributed by atoms with Gasteiger partial charge >= 0.3 is 17.9 Å². The number of carbonyl (C=O) groups is 3. The van der Waals surface area contributed by atoms with Crippen LogP contribution in [0.25, 0.3) is 0 Å². The van der Waals surface area contributed by atoms with E-state index in [4.69, 9.17) is 18.9 Å².